The van der Waals surface area contributed by atoms with Crippen molar-refractivity contribution in [3.63, 3.8) is 0 Å². The van der Waals surface area contributed by atoms with E-state index in [0.29, 0.717) is 0 Å². The van der Waals surface area contributed by atoms with Gasteiger partial charge in [-0.05, 0) is 40.5 Å². The van der Waals surface area contributed by atoms with Gasteiger partial charge in [-0.15, -0.1) is 0 Å². The second kappa shape index (κ2) is 5.64. The first kappa shape index (κ1) is 14.2. The highest BCUT2D eigenvalue weighted by Crippen LogP contribution is 2.39. The molecule has 0 N–H and O–H groups in total. The van der Waals surface area contributed by atoms with Crippen molar-refractivity contribution >= 4 is 33.4 Å². The number of Topliss-reactive ketones (excluding diaryl/α,β-unsaturated/α-hetero) is 1. The highest BCUT2D eigenvalue weighted by molar-refractivity contribution is 9.10. The van der Waals surface area contributed by atoms with Gasteiger partial charge in [0.25, 0.3) is 0 Å². The van der Waals surface area contributed by atoms with Crippen LogP contribution in [0, 0.1) is 0 Å². The third kappa shape index (κ3) is 2.45. The second-order valence-electron chi connectivity index (χ2n) is 5.53. The molecule has 0 saturated carbocycles. The Hall–Kier alpha value is -2.45. The van der Waals surface area contributed by atoms with Crippen LogP contribution in [-0.2, 0) is 0 Å². The number of rotatable bonds is 1. The molecule has 0 spiro atoms. The minimum Gasteiger partial charge on any atom is -0.289 e. The first-order valence-corrected chi connectivity index (χ1v) is 8.24. The fraction of sp³-hybridized carbons (Fsp3) is 0. The molecule has 3 aromatic rings. The average Bonchev–Trinajstić information content (AvgIpc) is 2.60. The van der Waals surface area contributed by atoms with Gasteiger partial charge in [0.1, 0.15) is 0 Å². The van der Waals surface area contributed by atoms with E-state index in [4.69, 9.17) is 0 Å². The number of carbonyl (C=O) groups is 1. The summed E-state index contributed by atoms with van der Waals surface area (Å²) in [5.41, 5.74) is 5.67. The van der Waals surface area contributed by atoms with E-state index in [1.165, 1.54) is 0 Å². The standard InChI is InChI=1S/C21H13BrO/c22-15-11-9-14(10-12-15)13-20-18-7-2-1-5-16(18)17-6-3-4-8-19(17)21(20)23/h1-13H. The Bertz CT molecular complexity index is 936. The quantitative estimate of drug-likeness (QED) is 0.497. The molecular formula is C21H13BrO. The van der Waals surface area contributed by atoms with E-state index in [1.54, 1.807) is 0 Å². The number of benzene rings is 3. The molecule has 23 heavy (non-hydrogen) atoms. The molecule has 0 bridgehead atoms. The van der Waals surface area contributed by atoms with Gasteiger partial charge in [-0.1, -0.05) is 76.6 Å². The van der Waals surface area contributed by atoms with Gasteiger partial charge >= 0.3 is 0 Å². The summed E-state index contributed by atoms with van der Waals surface area (Å²) in [6.07, 6.45) is 1.98. The summed E-state index contributed by atoms with van der Waals surface area (Å²) in [6, 6.07) is 23.9. The summed E-state index contributed by atoms with van der Waals surface area (Å²) in [4.78, 5) is 13.0. The molecule has 0 atom stereocenters. The van der Waals surface area contributed by atoms with Crippen LogP contribution in [0.2, 0.25) is 0 Å². The second-order valence-corrected chi connectivity index (χ2v) is 6.45. The number of halogens is 1. The van der Waals surface area contributed by atoms with Crippen molar-refractivity contribution < 1.29 is 4.79 Å². The molecule has 1 nitrogen and oxygen atoms in total. The number of allylic oxidation sites excluding steroid dienone is 1. The van der Waals surface area contributed by atoms with Crippen molar-refractivity contribution in [3.8, 4) is 11.1 Å². The number of carbonyl (C=O) groups excluding carboxylic acids is 1. The first-order chi connectivity index (χ1) is 11.2. The SMILES string of the molecule is O=C1C(=Cc2ccc(Br)cc2)c2ccccc2-c2ccccc21. The molecule has 2 heteroatoms. The molecule has 1 aliphatic rings. The number of hydrogen-bond donors (Lipinski definition) is 0. The lowest BCUT2D eigenvalue weighted by atomic mass is 9.81. The highest BCUT2D eigenvalue weighted by Gasteiger charge is 2.26. The first-order valence-electron chi connectivity index (χ1n) is 7.45. The minimum absolute atomic E-state index is 0.0854. The summed E-state index contributed by atoms with van der Waals surface area (Å²) >= 11 is 3.44. The molecule has 0 amide bonds. The van der Waals surface area contributed by atoms with E-state index in [0.717, 1.165) is 37.9 Å². The van der Waals surface area contributed by atoms with Crippen LogP contribution in [0.15, 0.2) is 77.3 Å². The Morgan fingerprint density at radius 1 is 0.652 bits per heavy atom. The molecule has 4 rings (SSSR count). The predicted octanol–water partition coefficient (Wildman–Crippen LogP) is 5.85. The zero-order chi connectivity index (χ0) is 15.8. The van der Waals surface area contributed by atoms with Crippen LogP contribution < -0.4 is 0 Å². The molecule has 0 saturated heterocycles. The van der Waals surface area contributed by atoms with E-state index in [2.05, 4.69) is 22.0 Å². The summed E-state index contributed by atoms with van der Waals surface area (Å²) in [5.74, 6) is 0.0854. The Labute approximate surface area is 143 Å². The zero-order valence-corrected chi connectivity index (χ0v) is 13.9. The Morgan fingerprint density at radius 2 is 1.17 bits per heavy atom. The third-order valence-corrected chi connectivity index (χ3v) is 4.63. The monoisotopic (exact) mass is 360 g/mol. The fourth-order valence-corrected chi connectivity index (χ4v) is 3.27. The Kier molecular flexibility index (Phi) is 3.47. The lowest BCUT2D eigenvalue weighted by molar-refractivity contribution is 0.105. The average molecular weight is 361 g/mol. The normalized spacial score (nSPS) is 14.5. The van der Waals surface area contributed by atoms with Crippen LogP contribution in [0.3, 0.4) is 0 Å². The molecule has 0 heterocycles. The van der Waals surface area contributed by atoms with Gasteiger partial charge in [-0.2, -0.15) is 0 Å². The molecule has 3 aromatic carbocycles. The summed E-state index contributed by atoms with van der Waals surface area (Å²) in [5, 5.41) is 0. The van der Waals surface area contributed by atoms with Crippen LogP contribution in [0.5, 0.6) is 0 Å². The Balaban J connectivity index is 1.95. The predicted molar refractivity (Wildman–Crippen MR) is 98.2 cm³/mol. The van der Waals surface area contributed by atoms with E-state index in [9.17, 15) is 4.79 Å². The van der Waals surface area contributed by atoms with Crippen molar-refractivity contribution in [3.05, 3.63) is 94.0 Å². The molecule has 0 radical (unpaired) electrons. The highest BCUT2D eigenvalue weighted by atomic mass is 79.9. The molecule has 0 fully saturated rings. The lowest BCUT2D eigenvalue weighted by Gasteiger charge is -2.21. The fourth-order valence-electron chi connectivity index (χ4n) is 3.01. The maximum Gasteiger partial charge on any atom is 0.194 e. The maximum absolute atomic E-state index is 13.0. The molecule has 1 aliphatic carbocycles. The molecule has 110 valence electrons. The Morgan fingerprint density at radius 3 is 1.83 bits per heavy atom. The molecule has 0 aromatic heterocycles. The van der Waals surface area contributed by atoms with E-state index in [1.807, 2.05) is 72.8 Å². The smallest absolute Gasteiger partial charge is 0.194 e. The van der Waals surface area contributed by atoms with Gasteiger partial charge in [0.05, 0.1) is 0 Å². The summed E-state index contributed by atoms with van der Waals surface area (Å²) < 4.78 is 1.03. The maximum atomic E-state index is 13.0. The summed E-state index contributed by atoms with van der Waals surface area (Å²) in [7, 11) is 0. The summed E-state index contributed by atoms with van der Waals surface area (Å²) in [6.45, 7) is 0. The van der Waals surface area contributed by atoms with Gasteiger partial charge < -0.3 is 0 Å². The van der Waals surface area contributed by atoms with E-state index < -0.39 is 0 Å². The van der Waals surface area contributed by atoms with Gasteiger partial charge in [0.15, 0.2) is 5.78 Å². The lowest BCUT2D eigenvalue weighted by Crippen LogP contribution is -2.11. The minimum atomic E-state index is 0.0854. The largest absolute Gasteiger partial charge is 0.289 e. The number of fused-ring (bicyclic) bond motifs is 3. The van der Waals surface area contributed by atoms with Gasteiger partial charge in [0, 0.05) is 15.6 Å². The van der Waals surface area contributed by atoms with Crippen LogP contribution in [-0.4, -0.2) is 5.78 Å². The molecular weight excluding hydrogens is 348 g/mol. The topological polar surface area (TPSA) is 17.1 Å². The van der Waals surface area contributed by atoms with E-state index >= 15 is 0 Å². The molecule has 0 aliphatic heterocycles. The van der Waals surface area contributed by atoms with E-state index in [-0.39, 0.29) is 5.78 Å². The number of ketones is 1. The molecule has 0 unspecified atom stereocenters. The van der Waals surface area contributed by atoms with Crippen molar-refractivity contribution in [1.29, 1.82) is 0 Å². The van der Waals surface area contributed by atoms with Gasteiger partial charge in [-0.25, -0.2) is 0 Å². The van der Waals surface area contributed by atoms with Crippen molar-refractivity contribution in [1.82, 2.24) is 0 Å². The zero-order valence-electron chi connectivity index (χ0n) is 12.3. The van der Waals surface area contributed by atoms with Crippen LogP contribution in [0.25, 0.3) is 22.8 Å². The van der Waals surface area contributed by atoms with Crippen molar-refractivity contribution in [2.24, 2.45) is 0 Å². The van der Waals surface area contributed by atoms with Gasteiger partial charge in [0.2, 0.25) is 0 Å². The number of hydrogen-bond acceptors (Lipinski definition) is 1. The van der Waals surface area contributed by atoms with Gasteiger partial charge in [-0.3, -0.25) is 4.79 Å². The van der Waals surface area contributed by atoms with Crippen molar-refractivity contribution in [2.45, 2.75) is 0 Å². The van der Waals surface area contributed by atoms with Crippen LogP contribution in [0.1, 0.15) is 21.5 Å². The third-order valence-electron chi connectivity index (χ3n) is 4.10. The van der Waals surface area contributed by atoms with Crippen LogP contribution in [0.4, 0.5) is 0 Å². The van der Waals surface area contributed by atoms with Crippen LogP contribution >= 0.6 is 15.9 Å². The van der Waals surface area contributed by atoms with Crippen molar-refractivity contribution in [2.75, 3.05) is 0 Å².